The Balaban J connectivity index is -0.0000000274. The van der Waals surface area contributed by atoms with Crippen LogP contribution in [0.5, 0.6) is 0 Å². The van der Waals surface area contributed by atoms with E-state index in [0.717, 1.165) is 19.2 Å². The van der Waals surface area contributed by atoms with E-state index in [0.29, 0.717) is 6.42 Å². The molecule has 18 heavy (non-hydrogen) atoms. The number of hydrogen-bond acceptors (Lipinski definition) is 7. The van der Waals surface area contributed by atoms with Gasteiger partial charge in [0.25, 0.3) is 0 Å². The topological polar surface area (TPSA) is 145 Å². The number of aliphatic hydroxyl groups is 1. The van der Waals surface area contributed by atoms with E-state index in [9.17, 15) is 4.79 Å². The SMILES string of the molecule is C.CC/C(C)=N\N.CCC(C)=O.CO.NN.[O]=[Ba]. The van der Waals surface area contributed by atoms with Gasteiger partial charge in [-0.05, 0) is 20.3 Å². The quantitative estimate of drug-likeness (QED) is 0.230. The molecule has 0 aromatic heterocycles. The first-order valence-electron chi connectivity index (χ1n) is 4.88. The zero-order valence-electron chi connectivity index (χ0n) is 11.6. The molecule has 0 spiro atoms. The van der Waals surface area contributed by atoms with Crippen molar-refractivity contribution in [1.82, 2.24) is 0 Å². The second-order valence-electron chi connectivity index (χ2n) is 2.27. The first kappa shape index (κ1) is 36.2. The van der Waals surface area contributed by atoms with Gasteiger partial charge in [-0.2, -0.15) is 5.10 Å². The van der Waals surface area contributed by atoms with Crippen molar-refractivity contribution in [3.8, 4) is 0 Å². The van der Waals surface area contributed by atoms with E-state index in [1.165, 1.54) is 0 Å². The fraction of sp³-hybridized carbons (Fsp3) is 0.800. The Kier molecular flexibility index (Phi) is 107. The number of nitrogens with zero attached hydrogens (tertiary/aromatic N) is 1. The summed E-state index contributed by atoms with van der Waals surface area (Å²) in [6.45, 7) is 7.36. The Morgan fingerprint density at radius 2 is 1.33 bits per heavy atom. The minimum absolute atomic E-state index is 0. The van der Waals surface area contributed by atoms with Crippen molar-refractivity contribution in [2.75, 3.05) is 7.11 Å². The number of hydrazine groups is 1. The zero-order chi connectivity index (χ0) is 15.3. The van der Waals surface area contributed by atoms with E-state index < -0.39 is 0 Å². The van der Waals surface area contributed by atoms with Gasteiger partial charge in [-0.3, -0.25) is 11.7 Å². The molecule has 0 fully saturated rings. The van der Waals surface area contributed by atoms with E-state index >= 15 is 0 Å². The van der Waals surface area contributed by atoms with Crippen molar-refractivity contribution in [2.24, 2.45) is 22.6 Å². The molecule has 0 saturated carbocycles. The average molecular weight is 392 g/mol. The predicted octanol–water partition coefficient (Wildman–Crippen LogP) is 0.280. The first-order chi connectivity index (χ1) is 8.08. The molecule has 0 saturated heterocycles. The van der Waals surface area contributed by atoms with Gasteiger partial charge < -0.3 is 15.7 Å². The number of rotatable bonds is 2. The van der Waals surface area contributed by atoms with Gasteiger partial charge in [-0.15, -0.1) is 0 Å². The van der Waals surface area contributed by atoms with Crippen molar-refractivity contribution < 1.29 is 9.94 Å². The van der Waals surface area contributed by atoms with Crippen LogP contribution < -0.4 is 17.5 Å². The number of aliphatic hydroxyl groups excluding tert-OH is 1. The molecule has 0 aromatic carbocycles. The molecule has 8 heteroatoms. The van der Waals surface area contributed by atoms with Crippen LogP contribution >= 0.6 is 0 Å². The summed E-state index contributed by atoms with van der Waals surface area (Å²) >= 11 is -0.222. The Morgan fingerprint density at radius 1 is 1.11 bits per heavy atom. The van der Waals surface area contributed by atoms with Gasteiger partial charge in [-0.1, -0.05) is 21.3 Å². The van der Waals surface area contributed by atoms with Gasteiger partial charge >= 0.3 is 46.8 Å². The molecule has 7 N–H and O–H groups in total. The van der Waals surface area contributed by atoms with Crippen molar-refractivity contribution in [1.29, 1.82) is 0 Å². The molecule has 0 amide bonds. The summed E-state index contributed by atoms with van der Waals surface area (Å²) in [5.74, 6) is 13.1. The standard InChI is InChI=1S/C4H10N2.C4H8O.CH4O.CH4.Ba.H4N2.O/c1-3-4(2)6-5;1-3-4(2)5;1-2;;;1-2;/h3,5H2,1-2H3;3H2,1-2H3;2H,1H3;1H4;;1-2H2;/b6-4-;;;;;;. The van der Waals surface area contributed by atoms with E-state index in [1.807, 2.05) is 20.8 Å². The van der Waals surface area contributed by atoms with Crippen LogP contribution in [0.2, 0.25) is 0 Å². The van der Waals surface area contributed by atoms with Crippen LogP contribution in [0.3, 0.4) is 0 Å². The molecule has 7 nitrogen and oxygen atoms in total. The van der Waals surface area contributed by atoms with E-state index in [-0.39, 0.29) is 59.9 Å². The maximum atomic E-state index is 9.81. The summed E-state index contributed by atoms with van der Waals surface area (Å²) in [6, 6.07) is 0. The van der Waals surface area contributed by atoms with Crippen LogP contribution in [0, 0.1) is 0 Å². The zero-order valence-corrected chi connectivity index (χ0v) is 16.0. The average Bonchev–Trinajstić information content (AvgIpc) is 2.45. The fourth-order valence-electron chi connectivity index (χ4n) is 0.0913. The van der Waals surface area contributed by atoms with Crippen molar-refractivity contribution in [3.63, 3.8) is 0 Å². The second kappa shape index (κ2) is 53.0. The molecule has 0 aliphatic heterocycles. The molecule has 0 atom stereocenters. The van der Waals surface area contributed by atoms with Crippen LogP contribution in [0.15, 0.2) is 5.10 Å². The molecule has 0 bridgehead atoms. The summed E-state index contributed by atoms with van der Waals surface area (Å²) in [5, 5.41) is 10.4. The van der Waals surface area contributed by atoms with Crippen LogP contribution in [0.4, 0.5) is 0 Å². The molecule has 0 aromatic rings. The van der Waals surface area contributed by atoms with Crippen LogP contribution in [0.25, 0.3) is 0 Å². The first-order valence-corrected chi connectivity index (χ1v) is 6.69. The van der Waals surface area contributed by atoms with Crippen LogP contribution in [0.1, 0.15) is 48.0 Å². The fourth-order valence-corrected chi connectivity index (χ4v) is 0.0913. The van der Waals surface area contributed by atoms with Crippen molar-refractivity contribution in [2.45, 2.75) is 48.0 Å². The van der Waals surface area contributed by atoms with E-state index in [1.54, 1.807) is 6.92 Å². The minimum atomic E-state index is -0.222. The van der Waals surface area contributed by atoms with E-state index in [4.69, 9.17) is 11.0 Å². The van der Waals surface area contributed by atoms with Gasteiger partial charge in [0.1, 0.15) is 5.78 Å². The summed E-state index contributed by atoms with van der Waals surface area (Å²) in [6.07, 6.45) is 1.62. The summed E-state index contributed by atoms with van der Waals surface area (Å²) in [7, 11) is 1.00. The van der Waals surface area contributed by atoms with Gasteiger partial charge in [0.15, 0.2) is 0 Å². The van der Waals surface area contributed by atoms with Crippen LogP contribution in [-0.2, 0) is 4.83 Å². The third-order valence-electron chi connectivity index (χ3n) is 1.23. The Labute approximate surface area is 144 Å². The van der Waals surface area contributed by atoms with E-state index in [2.05, 4.69) is 16.8 Å². The second-order valence-corrected chi connectivity index (χ2v) is 2.27. The van der Waals surface area contributed by atoms with Gasteiger partial charge in [0.2, 0.25) is 0 Å². The molecule has 0 heterocycles. The van der Waals surface area contributed by atoms with Crippen molar-refractivity contribution in [3.05, 3.63) is 0 Å². The molecule has 0 aliphatic rings. The number of hydrogen-bond donors (Lipinski definition) is 4. The van der Waals surface area contributed by atoms with Gasteiger partial charge in [0.05, 0.1) is 0 Å². The number of nitrogens with two attached hydrogens (primary N) is 3. The third kappa shape index (κ3) is 95.1. The molecule has 0 radical (unpaired) electrons. The maximum absolute atomic E-state index is 9.81. The Morgan fingerprint density at radius 3 is 1.33 bits per heavy atom. The van der Waals surface area contributed by atoms with Gasteiger partial charge in [0, 0.05) is 19.2 Å². The van der Waals surface area contributed by atoms with Gasteiger partial charge in [-0.25, -0.2) is 0 Å². The molecule has 110 valence electrons. The van der Waals surface area contributed by atoms with Crippen molar-refractivity contribution >= 4 is 58.2 Å². The summed E-state index contributed by atoms with van der Waals surface area (Å²) in [5.41, 5.74) is 0.995. The predicted molar refractivity (Wildman–Crippen MR) is 78.2 cm³/mol. The molecule has 0 unspecified atom stereocenters. The molecular formula is C10H30BaN4O3. The molecule has 0 aliphatic carbocycles. The molecular weight excluding hydrogens is 361 g/mol. The Hall–Kier alpha value is 0.391. The normalized spacial score (nSPS) is 7.11. The molecule has 0 rings (SSSR count). The number of carbonyl (C=O) groups excluding carboxylic acids is 1. The summed E-state index contributed by atoms with van der Waals surface area (Å²) < 4.78 is 8.44. The Bertz CT molecular complexity index is 158. The van der Waals surface area contributed by atoms with Crippen LogP contribution in [-0.4, -0.2) is 70.4 Å². The number of Topliss-reactive ketones (excluding diaryl/α,β-unsaturated/α-hetero) is 1. The summed E-state index contributed by atoms with van der Waals surface area (Å²) in [4.78, 5) is 9.81. The number of carbonyl (C=O) groups is 1. The number of hydrazone groups is 1. The number of ketones is 1. The monoisotopic (exact) mass is 392 g/mol. The third-order valence-corrected chi connectivity index (χ3v) is 1.23.